The van der Waals surface area contributed by atoms with E-state index in [1.54, 1.807) is 0 Å². The van der Waals surface area contributed by atoms with E-state index in [4.69, 9.17) is 11.6 Å². The second kappa shape index (κ2) is 5.78. The summed E-state index contributed by atoms with van der Waals surface area (Å²) in [5.41, 5.74) is 0. The summed E-state index contributed by atoms with van der Waals surface area (Å²) in [7, 11) is 0. The largest absolute Gasteiger partial charge is 0.314 e. The molecule has 0 saturated heterocycles. The highest BCUT2D eigenvalue weighted by Crippen LogP contribution is 2.21. The smallest absolute Gasteiger partial charge is 0.0406 e. The first-order valence-corrected chi connectivity index (χ1v) is 6.83. The van der Waals surface area contributed by atoms with E-state index in [1.807, 2.05) is 23.9 Å². The fourth-order valence-electron chi connectivity index (χ4n) is 1.39. The normalized spacial score (nSPS) is 15.5. The van der Waals surface area contributed by atoms with Gasteiger partial charge in [0.15, 0.2) is 0 Å². The van der Waals surface area contributed by atoms with Gasteiger partial charge in [0.25, 0.3) is 0 Å². The van der Waals surface area contributed by atoms with Crippen molar-refractivity contribution in [1.29, 1.82) is 0 Å². The number of benzene rings is 1. The Balaban J connectivity index is 1.58. The minimum absolute atomic E-state index is 0.815. The molecule has 0 spiro atoms. The minimum atomic E-state index is 0.815. The predicted octanol–water partition coefficient (Wildman–Crippen LogP) is 3.57. The van der Waals surface area contributed by atoms with Crippen LogP contribution in [0.2, 0.25) is 5.02 Å². The summed E-state index contributed by atoms with van der Waals surface area (Å²) in [5.74, 6) is 1.18. The average Bonchev–Trinajstić information content (AvgIpc) is 3.04. The molecule has 15 heavy (non-hydrogen) atoms. The van der Waals surface area contributed by atoms with Crippen LogP contribution in [0, 0.1) is 0 Å². The van der Waals surface area contributed by atoms with Crippen molar-refractivity contribution in [3.05, 3.63) is 29.3 Å². The van der Waals surface area contributed by atoms with Gasteiger partial charge in [0.05, 0.1) is 0 Å². The van der Waals surface area contributed by atoms with Gasteiger partial charge in [0.1, 0.15) is 0 Å². The van der Waals surface area contributed by atoms with Crippen molar-refractivity contribution in [2.45, 2.75) is 30.2 Å². The molecule has 1 fully saturated rings. The molecule has 1 N–H and O–H groups in total. The van der Waals surface area contributed by atoms with E-state index >= 15 is 0 Å². The van der Waals surface area contributed by atoms with Gasteiger partial charge in [-0.05, 0) is 55.8 Å². The molecular formula is C12H16ClNS. The number of thioether (sulfide) groups is 1. The van der Waals surface area contributed by atoms with E-state index in [1.165, 1.54) is 29.9 Å². The van der Waals surface area contributed by atoms with Crippen molar-refractivity contribution in [2.75, 3.05) is 12.3 Å². The van der Waals surface area contributed by atoms with Gasteiger partial charge < -0.3 is 5.32 Å². The molecule has 0 aliphatic heterocycles. The molecule has 0 bridgehead atoms. The lowest BCUT2D eigenvalue weighted by molar-refractivity contribution is 0.674. The van der Waals surface area contributed by atoms with Crippen LogP contribution in [0.15, 0.2) is 29.2 Å². The number of halogens is 1. The van der Waals surface area contributed by atoms with E-state index in [-0.39, 0.29) is 0 Å². The van der Waals surface area contributed by atoms with Crippen molar-refractivity contribution in [2.24, 2.45) is 0 Å². The van der Waals surface area contributed by atoms with E-state index in [2.05, 4.69) is 17.4 Å². The number of rotatable bonds is 6. The fourth-order valence-corrected chi connectivity index (χ4v) is 2.37. The molecular weight excluding hydrogens is 226 g/mol. The summed E-state index contributed by atoms with van der Waals surface area (Å²) in [5, 5.41) is 4.33. The molecule has 0 radical (unpaired) electrons. The van der Waals surface area contributed by atoms with E-state index in [0.717, 1.165) is 17.6 Å². The molecule has 2 rings (SSSR count). The van der Waals surface area contributed by atoms with Crippen molar-refractivity contribution < 1.29 is 0 Å². The molecule has 0 atom stereocenters. The van der Waals surface area contributed by atoms with Gasteiger partial charge >= 0.3 is 0 Å². The summed E-state index contributed by atoms with van der Waals surface area (Å²) >= 11 is 7.72. The lowest BCUT2D eigenvalue weighted by atomic mass is 10.4. The van der Waals surface area contributed by atoms with Crippen molar-refractivity contribution in [3.8, 4) is 0 Å². The van der Waals surface area contributed by atoms with Gasteiger partial charge in [-0.15, -0.1) is 11.8 Å². The molecule has 1 nitrogen and oxygen atoms in total. The van der Waals surface area contributed by atoms with Crippen LogP contribution in [0.3, 0.4) is 0 Å². The van der Waals surface area contributed by atoms with Gasteiger partial charge in [-0.3, -0.25) is 0 Å². The van der Waals surface area contributed by atoms with E-state index in [0.29, 0.717) is 0 Å². The van der Waals surface area contributed by atoms with Crippen molar-refractivity contribution in [3.63, 3.8) is 0 Å². The minimum Gasteiger partial charge on any atom is -0.314 e. The third-order valence-electron chi connectivity index (χ3n) is 2.41. The molecule has 82 valence electrons. The predicted molar refractivity (Wildman–Crippen MR) is 67.8 cm³/mol. The molecule has 1 aromatic carbocycles. The summed E-state index contributed by atoms with van der Waals surface area (Å²) in [4.78, 5) is 1.31. The maximum Gasteiger partial charge on any atom is 0.0406 e. The van der Waals surface area contributed by atoms with Gasteiger partial charge in [-0.2, -0.15) is 0 Å². The highest BCUT2D eigenvalue weighted by molar-refractivity contribution is 7.99. The van der Waals surface area contributed by atoms with Crippen LogP contribution in [-0.4, -0.2) is 18.3 Å². The Morgan fingerprint density at radius 1 is 1.27 bits per heavy atom. The second-order valence-electron chi connectivity index (χ2n) is 3.88. The highest BCUT2D eigenvalue weighted by Gasteiger charge is 2.19. The first-order valence-electron chi connectivity index (χ1n) is 5.46. The number of nitrogens with one attached hydrogen (secondary N) is 1. The number of hydrogen-bond acceptors (Lipinski definition) is 2. The molecule has 0 heterocycles. The Bertz CT molecular complexity index is 295. The molecule has 0 amide bonds. The zero-order chi connectivity index (χ0) is 10.5. The topological polar surface area (TPSA) is 12.0 Å². The second-order valence-corrected chi connectivity index (χ2v) is 5.49. The standard InChI is InChI=1S/C12H16ClNS/c13-10-2-6-12(7-3-10)15-9-1-8-14-11-4-5-11/h2-3,6-7,11,14H,1,4-5,8-9H2. The maximum absolute atomic E-state index is 5.82. The molecule has 1 saturated carbocycles. The van der Waals surface area contributed by atoms with Crippen LogP contribution in [0.4, 0.5) is 0 Å². The van der Waals surface area contributed by atoms with Gasteiger partial charge in [-0.1, -0.05) is 11.6 Å². The first-order chi connectivity index (χ1) is 7.34. The zero-order valence-electron chi connectivity index (χ0n) is 8.71. The van der Waals surface area contributed by atoms with Crippen LogP contribution in [0.25, 0.3) is 0 Å². The number of hydrogen-bond donors (Lipinski definition) is 1. The average molecular weight is 242 g/mol. The van der Waals surface area contributed by atoms with Crippen molar-refractivity contribution in [1.82, 2.24) is 5.32 Å². The third-order valence-corrected chi connectivity index (χ3v) is 3.76. The van der Waals surface area contributed by atoms with Gasteiger partial charge in [-0.25, -0.2) is 0 Å². The van der Waals surface area contributed by atoms with E-state index in [9.17, 15) is 0 Å². The molecule has 1 aromatic rings. The van der Waals surface area contributed by atoms with E-state index < -0.39 is 0 Å². The van der Waals surface area contributed by atoms with Crippen LogP contribution < -0.4 is 5.32 Å². The third kappa shape index (κ3) is 4.45. The van der Waals surface area contributed by atoms with Crippen LogP contribution in [-0.2, 0) is 0 Å². The summed E-state index contributed by atoms with van der Waals surface area (Å²) in [6.45, 7) is 1.16. The Kier molecular flexibility index (Phi) is 4.36. The van der Waals surface area contributed by atoms with Gasteiger partial charge in [0, 0.05) is 16.0 Å². The van der Waals surface area contributed by atoms with Crippen molar-refractivity contribution >= 4 is 23.4 Å². The Morgan fingerprint density at radius 3 is 2.67 bits per heavy atom. The Hall–Kier alpha value is -0.180. The zero-order valence-corrected chi connectivity index (χ0v) is 10.3. The van der Waals surface area contributed by atoms with Crippen LogP contribution in [0.1, 0.15) is 19.3 Å². The van der Waals surface area contributed by atoms with Crippen LogP contribution >= 0.6 is 23.4 Å². The monoisotopic (exact) mass is 241 g/mol. The molecule has 3 heteroatoms. The quantitative estimate of drug-likeness (QED) is 0.604. The maximum atomic E-state index is 5.82. The molecule has 1 aliphatic carbocycles. The fraction of sp³-hybridized carbons (Fsp3) is 0.500. The Labute approximate surface area is 101 Å². The SMILES string of the molecule is Clc1ccc(SCCCNC2CC2)cc1. The lowest BCUT2D eigenvalue weighted by Gasteiger charge is -2.03. The van der Waals surface area contributed by atoms with Crippen LogP contribution in [0.5, 0.6) is 0 Å². The van der Waals surface area contributed by atoms with Gasteiger partial charge in [0.2, 0.25) is 0 Å². The summed E-state index contributed by atoms with van der Waals surface area (Å²) in [6.07, 6.45) is 4.00. The summed E-state index contributed by atoms with van der Waals surface area (Å²) < 4.78 is 0. The molecule has 0 unspecified atom stereocenters. The summed E-state index contributed by atoms with van der Waals surface area (Å²) in [6, 6.07) is 8.91. The lowest BCUT2D eigenvalue weighted by Crippen LogP contribution is -2.17. The molecule has 1 aliphatic rings. The molecule has 0 aromatic heterocycles. The highest BCUT2D eigenvalue weighted by atomic mass is 35.5. The first kappa shape index (κ1) is 11.3. The Morgan fingerprint density at radius 2 is 2.00 bits per heavy atom.